The Hall–Kier alpha value is -2.54. The summed E-state index contributed by atoms with van der Waals surface area (Å²) in [5.74, 6) is -0.436. The fraction of sp³-hybridized carbons (Fsp3) is 0.500. The molecule has 0 spiro atoms. The van der Waals surface area contributed by atoms with Gasteiger partial charge >= 0.3 is 12.2 Å². The third kappa shape index (κ3) is 4.80. The normalized spacial score (nSPS) is 23.6. The Kier molecular flexibility index (Phi) is 6.15. The first kappa shape index (κ1) is 20.8. The Labute approximate surface area is 159 Å². The number of hydrogen-bond acceptors (Lipinski definition) is 4. The van der Waals surface area contributed by atoms with Crippen molar-refractivity contribution in [3.05, 3.63) is 48.6 Å². The minimum atomic E-state index is -1.48. The Bertz CT molecular complexity index is 685. The van der Waals surface area contributed by atoms with Crippen molar-refractivity contribution in [2.45, 2.75) is 39.0 Å². The number of alkyl carbamates (subject to hydrolysis) is 1. The molecule has 2 unspecified atom stereocenters. The van der Waals surface area contributed by atoms with Gasteiger partial charge in [0.05, 0.1) is 12.6 Å². The largest absolute Gasteiger partial charge is 0.465 e. The summed E-state index contributed by atoms with van der Waals surface area (Å²) < 4.78 is 5.23. The number of rotatable bonds is 5. The number of aliphatic hydroxyl groups is 1. The molecule has 7 nitrogen and oxygen atoms in total. The predicted molar refractivity (Wildman–Crippen MR) is 101 cm³/mol. The van der Waals surface area contributed by atoms with E-state index in [9.17, 15) is 19.8 Å². The van der Waals surface area contributed by atoms with Crippen LogP contribution in [0.1, 0.15) is 26.3 Å². The van der Waals surface area contributed by atoms with Crippen LogP contribution in [-0.4, -0.2) is 52.0 Å². The summed E-state index contributed by atoms with van der Waals surface area (Å²) in [6.45, 7) is 9.57. The summed E-state index contributed by atoms with van der Waals surface area (Å²) in [4.78, 5) is 24.8. The zero-order valence-electron chi connectivity index (χ0n) is 16.0. The number of carbonyl (C=O) groups is 2. The van der Waals surface area contributed by atoms with Gasteiger partial charge in [0.1, 0.15) is 12.2 Å². The van der Waals surface area contributed by atoms with E-state index in [2.05, 4.69) is 11.9 Å². The third-order valence-electron chi connectivity index (χ3n) is 4.93. The molecule has 2 rings (SSSR count). The molecule has 1 heterocycles. The second kappa shape index (κ2) is 8.00. The van der Waals surface area contributed by atoms with Crippen LogP contribution in [0.4, 0.5) is 9.59 Å². The molecule has 0 bridgehead atoms. The number of hydrogen-bond donors (Lipinski definition) is 3. The van der Waals surface area contributed by atoms with Crippen LogP contribution >= 0.6 is 0 Å². The van der Waals surface area contributed by atoms with Crippen molar-refractivity contribution in [2.75, 3.05) is 13.1 Å². The molecule has 0 aromatic heterocycles. The van der Waals surface area contributed by atoms with E-state index < -0.39 is 29.7 Å². The van der Waals surface area contributed by atoms with E-state index in [1.165, 1.54) is 0 Å². The smallest absolute Gasteiger partial charge is 0.407 e. The van der Waals surface area contributed by atoms with Gasteiger partial charge in [0.25, 0.3) is 0 Å². The van der Waals surface area contributed by atoms with Gasteiger partial charge in [-0.3, -0.25) is 0 Å². The molecule has 3 atom stereocenters. The van der Waals surface area contributed by atoms with Gasteiger partial charge in [-0.25, -0.2) is 9.59 Å². The standard InChI is InChI=1S/C20H28N2O5/c1-5-15(19(2,3)4)20(26)13-22(18(24)25)11-16(20)21-17(23)27-12-14-9-7-6-8-10-14/h5-10,15-16,26H,1,11-13H2,2-4H3,(H,21,23)(H,24,25)/t15?,16-,20?/m0/s1. The number of carboxylic acid groups (broad SMARTS) is 1. The van der Waals surface area contributed by atoms with Gasteiger partial charge in [0, 0.05) is 12.5 Å². The van der Waals surface area contributed by atoms with E-state index in [0.717, 1.165) is 10.5 Å². The summed E-state index contributed by atoms with van der Waals surface area (Å²) in [6, 6.07) is 8.41. The SMILES string of the molecule is C=CC(C(C)(C)C)C1(O)CN(C(=O)O)C[C@@H]1NC(=O)OCc1ccccc1. The minimum absolute atomic E-state index is 0.0211. The van der Waals surface area contributed by atoms with E-state index in [4.69, 9.17) is 4.74 Å². The fourth-order valence-electron chi connectivity index (χ4n) is 3.70. The lowest BCUT2D eigenvalue weighted by molar-refractivity contribution is -0.0468. The summed E-state index contributed by atoms with van der Waals surface area (Å²) in [5, 5.41) is 23.4. The average molecular weight is 376 g/mol. The molecule has 0 saturated carbocycles. The molecule has 7 heteroatoms. The monoisotopic (exact) mass is 376 g/mol. The lowest BCUT2D eigenvalue weighted by Gasteiger charge is -2.42. The van der Waals surface area contributed by atoms with E-state index in [1.807, 2.05) is 51.1 Å². The summed E-state index contributed by atoms with van der Waals surface area (Å²) in [7, 11) is 0. The van der Waals surface area contributed by atoms with Crippen molar-refractivity contribution in [2.24, 2.45) is 11.3 Å². The highest BCUT2D eigenvalue weighted by Gasteiger charge is 2.54. The molecular weight excluding hydrogens is 348 g/mol. The summed E-state index contributed by atoms with van der Waals surface area (Å²) in [6.07, 6.45) is -0.228. The van der Waals surface area contributed by atoms with Crippen LogP contribution in [-0.2, 0) is 11.3 Å². The quantitative estimate of drug-likeness (QED) is 0.686. The molecule has 1 aromatic rings. The van der Waals surface area contributed by atoms with E-state index in [-0.39, 0.29) is 25.1 Å². The van der Waals surface area contributed by atoms with Gasteiger partial charge < -0.3 is 25.2 Å². The maximum Gasteiger partial charge on any atom is 0.407 e. The van der Waals surface area contributed by atoms with Crippen molar-refractivity contribution in [3.8, 4) is 0 Å². The molecule has 0 aliphatic carbocycles. The summed E-state index contributed by atoms with van der Waals surface area (Å²) in [5.41, 5.74) is -1.02. The third-order valence-corrected chi connectivity index (χ3v) is 4.93. The maximum absolute atomic E-state index is 12.3. The maximum atomic E-state index is 12.3. The highest BCUT2D eigenvalue weighted by Crippen LogP contribution is 2.41. The van der Waals surface area contributed by atoms with E-state index >= 15 is 0 Å². The van der Waals surface area contributed by atoms with Crippen LogP contribution in [0, 0.1) is 11.3 Å². The molecule has 27 heavy (non-hydrogen) atoms. The second-order valence-corrected chi connectivity index (χ2v) is 7.99. The molecular formula is C20H28N2O5. The zero-order chi connectivity index (χ0) is 20.2. The van der Waals surface area contributed by atoms with E-state index in [1.54, 1.807) is 6.08 Å². The van der Waals surface area contributed by atoms with E-state index in [0.29, 0.717) is 0 Å². The first-order valence-corrected chi connectivity index (χ1v) is 8.88. The Balaban J connectivity index is 2.14. The van der Waals surface area contributed by atoms with Gasteiger partial charge in [-0.1, -0.05) is 57.2 Å². The molecule has 1 aliphatic heterocycles. The number of nitrogens with one attached hydrogen (secondary N) is 1. The fourth-order valence-corrected chi connectivity index (χ4v) is 3.70. The number of nitrogens with zero attached hydrogens (tertiary/aromatic N) is 1. The number of benzene rings is 1. The molecule has 148 valence electrons. The highest BCUT2D eigenvalue weighted by molar-refractivity contribution is 5.69. The molecule has 1 aliphatic rings. The molecule has 1 fully saturated rings. The lowest BCUT2D eigenvalue weighted by atomic mass is 9.68. The minimum Gasteiger partial charge on any atom is -0.465 e. The molecule has 1 aromatic carbocycles. The predicted octanol–water partition coefficient (Wildman–Crippen LogP) is 2.85. The highest BCUT2D eigenvalue weighted by atomic mass is 16.5. The number of likely N-dealkylation sites (tertiary alicyclic amines) is 1. The number of amides is 2. The van der Waals surface area contributed by atoms with Crippen LogP contribution in [0.2, 0.25) is 0 Å². The Morgan fingerprint density at radius 1 is 1.41 bits per heavy atom. The zero-order valence-corrected chi connectivity index (χ0v) is 16.0. The van der Waals surface area contributed by atoms with Gasteiger partial charge in [0.2, 0.25) is 0 Å². The lowest BCUT2D eigenvalue weighted by Crippen LogP contribution is -2.58. The average Bonchev–Trinajstić information content (AvgIpc) is 2.90. The van der Waals surface area contributed by atoms with Gasteiger partial charge in [-0.05, 0) is 11.0 Å². The van der Waals surface area contributed by atoms with Crippen molar-refractivity contribution < 1.29 is 24.5 Å². The van der Waals surface area contributed by atoms with Gasteiger partial charge in [-0.2, -0.15) is 0 Å². The van der Waals surface area contributed by atoms with Crippen molar-refractivity contribution in [1.82, 2.24) is 10.2 Å². The van der Waals surface area contributed by atoms with Crippen molar-refractivity contribution >= 4 is 12.2 Å². The van der Waals surface area contributed by atoms with Crippen LogP contribution in [0.25, 0.3) is 0 Å². The molecule has 0 radical (unpaired) electrons. The Morgan fingerprint density at radius 3 is 2.56 bits per heavy atom. The first-order valence-electron chi connectivity index (χ1n) is 8.88. The molecule has 3 N–H and O–H groups in total. The van der Waals surface area contributed by atoms with Gasteiger partial charge in [0.15, 0.2) is 0 Å². The molecule has 2 amide bonds. The number of β-amino-alcohol motifs (C(OH)–C–C–N with tert-alkyl or cyclic N) is 1. The number of carbonyl (C=O) groups excluding carboxylic acids is 1. The van der Waals surface area contributed by atoms with Gasteiger partial charge in [-0.15, -0.1) is 6.58 Å². The van der Waals surface area contributed by atoms with Crippen LogP contribution < -0.4 is 5.32 Å². The summed E-state index contributed by atoms with van der Waals surface area (Å²) >= 11 is 0. The van der Waals surface area contributed by atoms with Crippen LogP contribution in [0.5, 0.6) is 0 Å². The topological polar surface area (TPSA) is 99.1 Å². The molecule has 1 saturated heterocycles. The van der Waals surface area contributed by atoms with Crippen molar-refractivity contribution in [1.29, 1.82) is 0 Å². The first-order chi connectivity index (χ1) is 12.6. The van der Waals surface area contributed by atoms with Crippen LogP contribution in [0.15, 0.2) is 43.0 Å². The number of ether oxygens (including phenoxy) is 1. The second-order valence-electron chi connectivity index (χ2n) is 7.99. The van der Waals surface area contributed by atoms with Crippen molar-refractivity contribution in [3.63, 3.8) is 0 Å². The van der Waals surface area contributed by atoms with Crippen LogP contribution in [0.3, 0.4) is 0 Å². The Morgan fingerprint density at radius 2 is 2.04 bits per heavy atom.